The lowest BCUT2D eigenvalue weighted by Crippen LogP contribution is -2.36. The van der Waals surface area contributed by atoms with Crippen LogP contribution in [0.3, 0.4) is 0 Å². The predicted octanol–water partition coefficient (Wildman–Crippen LogP) is 1.67. The van der Waals surface area contributed by atoms with E-state index >= 15 is 0 Å². The third kappa shape index (κ3) is 1.35. The van der Waals surface area contributed by atoms with Crippen LogP contribution in [0.4, 0.5) is 0 Å². The number of aromatic nitrogens is 1. The molecule has 1 heterocycles. The molecule has 1 N–H and O–H groups in total. The summed E-state index contributed by atoms with van der Waals surface area (Å²) in [5.41, 5.74) is 2.24. The second kappa shape index (κ2) is 3.59. The van der Waals surface area contributed by atoms with Gasteiger partial charge in [0.2, 0.25) is 5.88 Å². The molecule has 0 unspecified atom stereocenters. The van der Waals surface area contributed by atoms with Gasteiger partial charge in [-0.2, -0.15) is 0 Å². The monoisotopic (exact) mass is 217 g/mol. The molecule has 1 aromatic heterocycles. The highest BCUT2D eigenvalue weighted by Crippen LogP contribution is 2.40. The zero-order chi connectivity index (χ0) is 11.1. The van der Waals surface area contributed by atoms with E-state index in [0.717, 1.165) is 24.1 Å². The van der Waals surface area contributed by atoms with Gasteiger partial charge in [0, 0.05) is 17.7 Å². The fourth-order valence-electron chi connectivity index (χ4n) is 2.76. The SMILES string of the molecule is COc1ccc2c(n1)C[C@@H]1CC=C[C@H]2[C@@H]1O. The lowest BCUT2D eigenvalue weighted by atomic mass is 9.72. The van der Waals surface area contributed by atoms with Gasteiger partial charge in [0.05, 0.1) is 13.2 Å². The Balaban J connectivity index is 2.08. The molecule has 0 spiro atoms. The number of allylic oxidation sites excluding steroid dienone is 1. The second-order valence-electron chi connectivity index (χ2n) is 4.53. The summed E-state index contributed by atoms with van der Waals surface area (Å²) in [6.45, 7) is 0. The minimum absolute atomic E-state index is 0.126. The molecule has 0 fully saturated rings. The molecule has 0 saturated heterocycles. The van der Waals surface area contributed by atoms with Crippen LogP contribution in [0, 0.1) is 5.92 Å². The molecule has 3 nitrogen and oxygen atoms in total. The maximum atomic E-state index is 10.2. The minimum atomic E-state index is -0.243. The van der Waals surface area contributed by atoms with Crippen molar-refractivity contribution in [2.24, 2.45) is 5.92 Å². The number of aliphatic hydroxyl groups excluding tert-OH is 1. The van der Waals surface area contributed by atoms with Gasteiger partial charge in [-0.05, 0) is 24.3 Å². The maximum absolute atomic E-state index is 10.2. The Bertz CT molecular complexity index is 442. The Labute approximate surface area is 94.8 Å². The standard InChI is InChI=1S/C13H15NO2/c1-16-12-6-5-9-10-4-2-3-8(13(10)15)7-11(9)14-12/h2,4-6,8,10,13,15H,3,7H2,1H3/t8-,10+,13+/m0/s1. The molecule has 84 valence electrons. The first-order valence-corrected chi connectivity index (χ1v) is 5.68. The van der Waals surface area contributed by atoms with Crippen LogP contribution in [0.1, 0.15) is 23.6 Å². The van der Waals surface area contributed by atoms with Crippen molar-refractivity contribution < 1.29 is 9.84 Å². The highest BCUT2D eigenvalue weighted by molar-refractivity contribution is 5.37. The zero-order valence-corrected chi connectivity index (χ0v) is 9.26. The van der Waals surface area contributed by atoms with E-state index in [9.17, 15) is 5.11 Å². The minimum Gasteiger partial charge on any atom is -0.481 e. The largest absolute Gasteiger partial charge is 0.481 e. The molecule has 16 heavy (non-hydrogen) atoms. The molecule has 0 amide bonds. The van der Waals surface area contributed by atoms with E-state index in [1.807, 2.05) is 12.1 Å². The third-order valence-electron chi connectivity index (χ3n) is 3.64. The van der Waals surface area contributed by atoms with E-state index in [4.69, 9.17) is 4.74 Å². The Hall–Kier alpha value is -1.35. The van der Waals surface area contributed by atoms with Crippen LogP contribution >= 0.6 is 0 Å². The smallest absolute Gasteiger partial charge is 0.213 e. The molecule has 3 atom stereocenters. The van der Waals surface area contributed by atoms with E-state index in [0.29, 0.717) is 11.8 Å². The summed E-state index contributed by atoms with van der Waals surface area (Å²) in [5.74, 6) is 1.11. The van der Waals surface area contributed by atoms with Gasteiger partial charge in [-0.3, -0.25) is 0 Å². The summed E-state index contributed by atoms with van der Waals surface area (Å²) < 4.78 is 5.14. The van der Waals surface area contributed by atoms with Crippen molar-refractivity contribution in [3.63, 3.8) is 0 Å². The Morgan fingerprint density at radius 1 is 1.44 bits per heavy atom. The molecule has 1 aromatic rings. The second-order valence-corrected chi connectivity index (χ2v) is 4.53. The molecule has 0 radical (unpaired) electrons. The van der Waals surface area contributed by atoms with E-state index in [-0.39, 0.29) is 12.0 Å². The normalized spacial score (nSPS) is 31.0. The van der Waals surface area contributed by atoms with Crippen LogP contribution in [0.25, 0.3) is 0 Å². The Kier molecular flexibility index (Phi) is 2.21. The molecule has 0 aliphatic heterocycles. The molecule has 2 aliphatic rings. The molecule has 0 saturated carbocycles. The average molecular weight is 217 g/mol. The van der Waals surface area contributed by atoms with E-state index in [1.165, 1.54) is 0 Å². The summed E-state index contributed by atoms with van der Waals surface area (Å²) >= 11 is 0. The van der Waals surface area contributed by atoms with Crippen LogP contribution in [0.5, 0.6) is 5.88 Å². The molecule has 3 rings (SSSR count). The molecular formula is C13H15NO2. The fourth-order valence-corrected chi connectivity index (χ4v) is 2.76. The molecule has 0 aromatic carbocycles. The predicted molar refractivity (Wildman–Crippen MR) is 60.5 cm³/mol. The van der Waals surface area contributed by atoms with Gasteiger partial charge in [0.25, 0.3) is 0 Å². The van der Waals surface area contributed by atoms with Crippen LogP contribution < -0.4 is 4.74 Å². The van der Waals surface area contributed by atoms with Gasteiger partial charge in [-0.25, -0.2) is 4.98 Å². The maximum Gasteiger partial charge on any atom is 0.213 e. The number of ether oxygens (including phenoxy) is 1. The van der Waals surface area contributed by atoms with Gasteiger partial charge in [-0.15, -0.1) is 0 Å². The number of pyridine rings is 1. The molecular weight excluding hydrogens is 202 g/mol. The highest BCUT2D eigenvalue weighted by atomic mass is 16.5. The molecule has 2 aliphatic carbocycles. The number of methoxy groups -OCH3 is 1. The summed E-state index contributed by atoms with van der Waals surface area (Å²) in [4.78, 5) is 4.48. The number of rotatable bonds is 1. The summed E-state index contributed by atoms with van der Waals surface area (Å²) in [5, 5.41) is 10.2. The zero-order valence-electron chi connectivity index (χ0n) is 9.26. The van der Waals surface area contributed by atoms with Gasteiger partial charge in [0.1, 0.15) is 0 Å². The summed E-state index contributed by atoms with van der Waals surface area (Å²) in [6, 6.07) is 3.90. The summed E-state index contributed by atoms with van der Waals surface area (Å²) in [7, 11) is 1.63. The van der Waals surface area contributed by atoms with E-state index in [1.54, 1.807) is 7.11 Å². The number of aliphatic hydroxyl groups is 1. The van der Waals surface area contributed by atoms with Gasteiger partial charge in [0.15, 0.2) is 0 Å². The lowest BCUT2D eigenvalue weighted by molar-refractivity contribution is 0.0789. The fraction of sp³-hybridized carbons (Fsp3) is 0.462. The van der Waals surface area contributed by atoms with Crippen LogP contribution in [-0.4, -0.2) is 23.3 Å². The van der Waals surface area contributed by atoms with Crippen molar-refractivity contribution in [1.82, 2.24) is 4.98 Å². The van der Waals surface area contributed by atoms with Gasteiger partial charge >= 0.3 is 0 Å². The highest BCUT2D eigenvalue weighted by Gasteiger charge is 2.36. The van der Waals surface area contributed by atoms with Crippen LogP contribution in [0.15, 0.2) is 24.3 Å². The number of fused-ring (bicyclic) bond motifs is 4. The van der Waals surface area contributed by atoms with Gasteiger partial charge < -0.3 is 9.84 Å². The average Bonchev–Trinajstić information content (AvgIpc) is 2.29. The van der Waals surface area contributed by atoms with Crippen molar-refractivity contribution in [1.29, 1.82) is 0 Å². The Morgan fingerprint density at radius 3 is 3.12 bits per heavy atom. The first-order chi connectivity index (χ1) is 7.79. The quantitative estimate of drug-likeness (QED) is 0.727. The summed E-state index contributed by atoms with van der Waals surface area (Å²) in [6.07, 6.45) is 5.85. The van der Waals surface area contributed by atoms with Crippen LogP contribution in [0.2, 0.25) is 0 Å². The van der Waals surface area contributed by atoms with E-state index in [2.05, 4.69) is 17.1 Å². The first kappa shape index (κ1) is 9.85. The van der Waals surface area contributed by atoms with Crippen molar-refractivity contribution in [2.75, 3.05) is 7.11 Å². The number of hydrogen-bond acceptors (Lipinski definition) is 3. The van der Waals surface area contributed by atoms with Crippen LogP contribution in [-0.2, 0) is 6.42 Å². The number of hydrogen-bond donors (Lipinski definition) is 1. The first-order valence-electron chi connectivity index (χ1n) is 5.68. The van der Waals surface area contributed by atoms with Crippen molar-refractivity contribution >= 4 is 0 Å². The molecule has 2 bridgehead atoms. The number of nitrogens with zero attached hydrogens (tertiary/aromatic N) is 1. The van der Waals surface area contributed by atoms with Crippen molar-refractivity contribution in [3.05, 3.63) is 35.5 Å². The van der Waals surface area contributed by atoms with Gasteiger partial charge in [-0.1, -0.05) is 18.2 Å². The Morgan fingerprint density at radius 2 is 2.31 bits per heavy atom. The van der Waals surface area contributed by atoms with Crippen molar-refractivity contribution in [2.45, 2.75) is 24.9 Å². The van der Waals surface area contributed by atoms with E-state index < -0.39 is 0 Å². The lowest BCUT2D eigenvalue weighted by Gasteiger charge is -2.37. The topological polar surface area (TPSA) is 42.4 Å². The third-order valence-corrected chi connectivity index (χ3v) is 3.64. The van der Waals surface area contributed by atoms with Crippen molar-refractivity contribution in [3.8, 4) is 5.88 Å². The molecule has 3 heteroatoms.